The number of Topliss-reactive ketones (excluding diaryl/α,β-unsaturated/α-hetero) is 1. The molecule has 1 aromatic carbocycles. The van der Waals surface area contributed by atoms with Crippen molar-refractivity contribution in [1.82, 2.24) is 9.78 Å². The van der Waals surface area contributed by atoms with Crippen LogP contribution in [0.4, 0.5) is 5.69 Å². The molecule has 0 unspecified atom stereocenters. The predicted molar refractivity (Wildman–Crippen MR) is 98.8 cm³/mol. The van der Waals surface area contributed by atoms with Crippen LogP contribution in [0.1, 0.15) is 53.5 Å². The largest absolute Gasteiger partial charge is 0.456 e. The van der Waals surface area contributed by atoms with Gasteiger partial charge in [-0.15, -0.1) is 0 Å². The molecule has 0 bridgehead atoms. The number of rotatable bonds is 8. The van der Waals surface area contributed by atoms with Crippen LogP contribution in [0.5, 0.6) is 0 Å². The zero-order valence-corrected chi connectivity index (χ0v) is 15.9. The van der Waals surface area contributed by atoms with E-state index in [4.69, 9.17) is 4.74 Å². The number of ketones is 1. The van der Waals surface area contributed by atoms with Gasteiger partial charge in [0.05, 0.1) is 4.92 Å². The van der Waals surface area contributed by atoms with E-state index in [1.807, 2.05) is 12.1 Å². The molecule has 0 aliphatic rings. The van der Waals surface area contributed by atoms with Crippen LogP contribution in [-0.4, -0.2) is 33.1 Å². The number of ether oxygens (including phenoxy) is 1. The molecule has 0 amide bonds. The minimum atomic E-state index is -0.680. The fourth-order valence-corrected chi connectivity index (χ4v) is 2.74. The molecule has 1 heterocycles. The Morgan fingerprint density at radius 2 is 1.89 bits per heavy atom. The molecule has 0 aliphatic heterocycles. The van der Waals surface area contributed by atoms with Gasteiger partial charge < -0.3 is 4.74 Å². The third kappa shape index (κ3) is 4.78. The van der Waals surface area contributed by atoms with Gasteiger partial charge in [-0.25, -0.2) is 0 Å². The summed E-state index contributed by atoms with van der Waals surface area (Å²) in [6, 6.07) is 7.25. The molecule has 0 aliphatic carbocycles. The van der Waals surface area contributed by atoms with E-state index in [2.05, 4.69) is 18.9 Å². The first-order chi connectivity index (χ1) is 12.7. The van der Waals surface area contributed by atoms with E-state index < -0.39 is 10.9 Å². The number of carbonyl (C=O) groups excluding carboxylic acids is 2. The van der Waals surface area contributed by atoms with Gasteiger partial charge in [0.15, 0.2) is 12.4 Å². The Labute approximate surface area is 157 Å². The molecule has 27 heavy (non-hydrogen) atoms. The summed E-state index contributed by atoms with van der Waals surface area (Å²) >= 11 is 0. The van der Waals surface area contributed by atoms with E-state index in [0.29, 0.717) is 11.5 Å². The van der Waals surface area contributed by atoms with Crippen LogP contribution in [0.2, 0.25) is 0 Å². The second kappa shape index (κ2) is 8.57. The van der Waals surface area contributed by atoms with E-state index in [1.54, 1.807) is 12.1 Å². The zero-order valence-electron chi connectivity index (χ0n) is 15.9. The molecular formula is C19H23N3O5. The van der Waals surface area contributed by atoms with Crippen LogP contribution in [-0.2, 0) is 16.1 Å². The molecule has 0 radical (unpaired) electrons. The molecule has 144 valence electrons. The highest BCUT2D eigenvalue weighted by atomic mass is 16.6. The van der Waals surface area contributed by atoms with Crippen molar-refractivity contribution in [1.29, 1.82) is 0 Å². The number of aromatic nitrogens is 2. The number of nitro groups is 1. The Kier molecular flexibility index (Phi) is 6.44. The molecule has 0 saturated carbocycles. The lowest BCUT2D eigenvalue weighted by Gasteiger charge is -2.09. The standard InChI is InChI=1S/C19H23N3O5/c1-5-12(2)15-6-8-16(9-7-15)17(23)11-27-18(24)10-21-14(4)19(22(25)26)13(3)20-21/h6-9,12H,5,10-11H2,1-4H3/t12-/m1/s1. The predicted octanol–water partition coefficient (Wildman–Crippen LogP) is 3.35. The first-order valence-electron chi connectivity index (χ1n) is 8.71. The summed E-state index contributed by atoms with van der Waals surface area (Å²) in [6.45, 7) is 6.54. The van der Waals surface area contributed by atoms with Crippen molar-refractivity contribution in [3.63, 3.8) is 0 Å². The SMILES string of the molecule is CC[C@@H](C)c1ccc(C(=O)COC(=O)Cn2nc(C)c([N+](=O)[O-])c2C)cc1. The van der Waals surface area contributed by atoms with Gasteiger partial charge in [-0.05, 0) is 31.7 Å². The van der Waals surface area contributed by atoms with E-state index in [-0.39, 0.29) is 36.0 Å². The lowest BCUT2D eigenvalue weighted by Crippen LogP contribution is -2.19. The Balaban J connectivity index is 1.95. The Bertz CT molecular complexity index is 855. The maximum atomic E-state index is 12.2. The highest BCUT2D eigenvalue weighted by molar-refractivity contribution is 5.97. The number of carbonyl (C=O) groups is 2. The second-order valence-electron chi connectivity index (χ2n) is 6.45. The number of nitrogens with zero attached hydrogens (tertiary/aromatic N) is 3. The fourth-order valence-electron chi connectivity index (χ4n) is 2.74. The normalized spacial score (nSPS) is 11.9. The van der Waals surface area contributed by atoms with Crippen LogP contribution in [0, 0.1) is 24.0 Å². The van der Waals surface area contributed by atoms with Gasteiger partial charge >= 0.3 is 11.7 Å². The minimum absolute atomic E-state index is 0.125. The minimum Gasteiger partial charge on any atom is -0.456 e. The van der Waals surface area contributed by atoms with Crippen molar-refractivity contribution in [2.45, 2.75) is 46.6 Å². The lowest BCUT2D eigenvalue weighted by molar-refractivity contribution is -0.386. The van der Waals surface area contributed by atoms with Crippen molar-refractivity contribution >= 4 is 17.4 Å². The summed E-state index contributed by atoms with van der Waals surface area (Å²) in [4.78, 5) is 34.6. The monoisotopic (exact) mass is 373 g/mol. The molecular weight excluding hydrogens is 350 g/mol. The lowest BCUT2D eigenvalue weighted by atomic mass is 9.97. The summed E-state index contributed by atoms with van der Waals surface area (Å²) in [6.07, 6.45) is 1.01. The highest BCUT2D eigenvalue weighted by Gasteiger charge is 2.23. The molecule has 1 atom stereocenters. The molecule has 2 aromatic rings. The van der Waals surface area contributed by atoms with Gasteiger partial charge in [0.25, 0.3) is 0 Å². The molecule has 8 heteroatoms. The van der Waals surface area contributed by atoms with E-state index >= 15 is 0 Å². The van der Waals surface area contributed by atoms with Crippen molar-refractivity contribution < 1.29 is 19.2 Å². The number of aryl methyl sites for hydroxylation is 1. The topological polar surface area (TPSA) is 104 Å². The van der Waals surface area contributed by atoms with Crippen molar-refractivity contribution in [3.05, 3.63) is 56.9 Å². The van der Waals surface area contributed by atoms with Crippen LogP contribution in [0.3, 0.4) is 0 Å². The summed E-state index contributed by atoms with van der Waals surface area (Å²) in [7, 11) is 0. The van der Waals surface area contributed by atoms with E-state index in [9.17, 15) is 19.7 Å². The number of hydrogen-bond donors (Lipinski definition) is 0. The summed E-state index contributed by atoms with van der Waals surface area (Å²) in [5.74, 6) is -0.574. The van der Waals surface area contributed by atoms with Crippen molar-refractivity contribution in [2.75, 3.05) is 6.61 Å². The van der Waals surface area contributed by atoms with Crippen molar-refractivity contribution in [2.24, 2.45) is 0 Å². The summed E-state index contributed by atoms with van der Waals surface area (Å²) < 4.78 is 6.22. The Morgan fingerprint density at radius 1 is 1.26 bits per heavy atom. The summed E-state index contributed by atoms with van der Waals surface area (Å²) in [5.41, 5.74) is 1.98. The quantitative estimate of drug-likeness (QED) is 0.304. The van der Waals surface area contributed by atoms with Gasteiger partial charge in [0, 0.05) is 5.56 Å². The van der Waals surface area contributed by atoms with Crippen LogP contribution in [0.15, 0.2) is 24.3 Å². The van der Waals surface area contributed by atoms with Gasteiger partial charge in [-0.2, -0.15) is 5.10 Å². The third-order valence-corrected chi connectivity index (χ3v) is 4.58. The van der Waals surface area contributed by atoms with Gasteiger partial charge in [0.2, 0.25) is 0 Å². The molecule has 2 rings (SSSR count). The van der Waals surface area contributed by atoms with Gasteiger partial charge in [-0.1, -0.05) is 38.1 Å². The smallest absolute Gasteiger partial charge is 0.328 e. The second-order valence-corrected chi connectivity index (χ2v) is 6.45. The number of hydrogen-bond acceptors (Lipinski definition) is 6. The first-order valence-corrected chi connectivity index (χ1v) is 8.71. The maximum Gasteiger partial charge on any atom is 0.328 e. The van der Waals surface area contributed by atoms with E-state index in [0.717, 1.165) is 12.0 Å². The van der Waals surface area contributed by atoms with Crippen LogP contribution < -0.4 is 0 Å². The van der Waals surface area contributed by atoms with Gasteiger partial charge in [0.1, 0.15) is 17.9 Å². The number of benzene rings is 1. The Hall–Kier alpha value is -3.03. The fraction of sp³-hybridized carbons (Fsp3) is 0.421. The van der Waals surface area contributed by atoms with E-state index in [1.165, 1.54) is 18.5 Å². The molecule has 0 spiro atoms. The summed E-state index contributed by atoms with van der Waals surface area (Å²) in [5, 5.41) is 15.0. The third-order valence-electron chi connectivity index (χ3n) is 4.58. The Morgan fingerprint density at radius 3 is 2.41 bits per heavy atom. The average Bonchev–Trinajstić information content (AvgIpc) is 2.92. The molecule has 0 fully saturated rings. The van der Waals surface area contributed by atoms with Gasteiger partial charge in [-0.3, -0.25) is 24.4 Å². The van der Waals surface area contributed by atoms with Crippen molar-refractivity contribution in [3.8, 4) is 0 Å². The molecule has 0 N–H and O–H groups in total. The molecule has 1 aromatic heterocycles. The van der Waals surface area contributed by atoms with Crippen LogP contribution >= 0.6 is 0 Å². The van der Waals surface area contributed by atoms with Crippen LogP contribution in [0.25, 0.3) is 0 Å². The average molecular weight is 373 g/mol. The first kappa shape index (κ1) is 20.3. The highest BCUT2D eigenvalue weighted by Crippen LogP contribution is 2.22. The zero-order chi connectivity index (χ0) is 20.1. The maximum absolute atomic E-state index is 12.2. The molecule has 0 saturated heterocycles. The number of esters is 1. The molecule has 8 nitrogen and oxygen atoms in total.